The number of pyridine rings is 1. The predicted octanol–water partition coefficient (Wildman–Crippen LogP) is 2.58. The zero-order valence-electron chi connectivity index (χ0n) is 10.4. The van der Waals surface area contributed by atoms with Crippen molar-refractivity contribution in [3.8, 4) is 0 Å². The molecule has 5 nitrogen and oxygen atoms in total. The van der Waals surface area contributed by atoms with Crippen LogP contribution in [0.15, 0.2) is 12.1 Å². The van der Waals surface area contributed by atoms with Crippen LogP contribution in [-0.4, -0.2) is 27.5 Å². The zero-order chi connectivity index (χ0) is 13.5. The molecule has 96 valence electrons. The van der Waals surface area contributed by atoms with Crippen molar-refractivity contribution in [2.24, 2.45) is 0 Å². The van der Waals surface area contributed by atoms with Crippen molar-refractivity contribution >= 4 is 34.6 Å². The fourth-order valence-corrected chi connectivity index (χ4v) is 2.03. The van der Waals surface area contributed by atoms with Gasteiger partial charge in [-0.1, -0.05) is 6.07 Å². The minimum absolute atomic E-state index is 0.229. The molecular formula is C12H13IN2O3. The van der Waals surface area contributed by atoms with Crippen molar-refractivity contribution in [3.63, 3.8) is 0 Å². The molecule has 0 fully saturated rings. The van der Waals surface area contributed by atoms with Gasteiger partial charge in [-0.05, 0) is 49.4 Å². The lowest BCUT2D eigenvalue weighted by atomic mass is 10.2. The summed E-state index contributed by atoms with van der Waals surface area (Å²) in [6.07, 6.45) is -0.625. The van der Waals surface area contributed by atoms with Crippen LogP contribution in [-0.2, 0) is 11.3 Å². The lowest BCUT2D eigenvalue weighted by Gasteiger charge is -2.23. The van der Waals surface area contributed by atoms with Gasteiger partial charge in [0.15, 0.2) is 0 Å². The van der Waals surface area contributed by atoms with E-state index in [1.807, 2.05) is 34.7 Å². The van der Waals surface area contributed by atoms with E-state index in [0.717, 1.165) is 14.2 Å². The number of hydrogen-bond donors (Lipinski definition) is 0. The molecular weight excluding hydrogens is 347 g/mol. The molecule has 1 aromatic rings. The van der Waals surface area contributed by atoms with Gasteiger partial charge >= 0.3 is 6.09 Å². The molecule has 2 rings (SSSR count). The molecule has 0 bridgehead atoms. The summed E-state index contributed by atoms with van der Waals surface area (Å²) in [5.41, 5.74) is 0.479. The maximum atomic E-state index is 12.0. The lowest BCUT2D eigenvalue weighted by Crippen LogP contribution is -2.37. The van der Waals surface area contributed by atoms with Crippen LogP contribution in [0.3, 0.4) is 0 Å². The normalized spacial score (nSPS) is 14.7. The second-order valence-electron chi connectivity index (χ2n) is 5.01. The molecule has 0 N–H and O–H groups in total. The SMILES string of the molecule is CC(C)(C)OC(=O)N1Cc2ccc(I)nc2C1=O. The summed E-state index contributed by atoms with van der Waals surface area (Å²) in [6, 6.07) is 3.62. The van der Waals surface area contributed by atoms with E-state index in [-0.39, 0.29) is 6.54 Å². The second kappa shape index (κ2) is 4.49. The Labute approximate surface area is 119 Å². The van der Waals surface area contributed by atoms with E-state index in [9.17, 15) is 9.59 Å². The maximum Gasteiger partial charge on any atom is 0.417 e. The van der Waals surface area contributed by atoms with Gasteiger partial charge < -0.3 is 4.74 Å². The minimum atomic E-state index is -0.625. The number of imide groups is 1. The van der Waals surface area contributed by atoms with Crippen LogP contribution in [0.4, 0.5) is 4.79 Å². The van der Waals surface area contributed by atoms with Crippen molar-refractivity contribution in [3.05, 3.63) is 27.1 Å². The number of amides is 2. The summed E-state index contributed by atoms with van der Waals surface area (Å²) >= 11 is 2.03. The third-order valence-corrected chi connectivity index (χ3v) is 2.94. The van der Waals surface area contributed by atoms with Crippen molar-refractivity contribution < 1.29 is 14.3 Å². The fraction of sp³-hybridized carbons (Fsp3) is 0.417. The summed E-state index contributed by atoms with van der Waals surface area (Å²) in [6.45, 7) is 5.52. The van der Waals surface area contributed by atoms with Gasteiger partial charge in [0.05, 0.1) is 6.54 Å². The summed E-state index contributed by atoms with van der Waals surface area (Å²) in [4.78, 5) is 29.1. The van der Waals surface area contributed by atoms with Crippen LogP contribution in [0.1, 0.15) is 36.8 Å². The molecule has 0 aromatic carbocycles. The maximum absolute atomic E-state index is 12.0. The highest BCUT2D eigenvalue weighted by molar-refractivity contribution is 14.1. The monoisotopic (exact) mass is 360 g/mol. The number of fused-ring (bicyclic) bond motifs is 1. The number of rotatable bonds is 0. The van der Waals surface area contributed by atoms with E-state index in [1.54, 1.807) is 20.8 Å². The predicted molar refractivity (Wildman–Crippen MR) is 73.1 cm³/mol. The van der Waals surface area contributed by atoms with E-state index in [1.165, 1.54) is 0 Å². The largest absolute Gasteiger partial charge is 0.443 e. The molecule has 2 amide bonds. The third kappa shape index (κ3) is 2.63. The lowest BCUT2D eigenvalue weighted by molar-refractivity contribution is 0.0247. The van der Waals surface area contributed by atoms with Crippen LogP contribution < -0.4 is 0 Å². The first-order chi connectivity index (χ1) is 8.28. The molecule has 0 saturated carbocycles. The molecule has 0 atom stereocenters. The minimum Gasteiger partial charge on any atom is -0.443 e. The molecule has 0 saturated heterocycles. The quantitative estimate of drug-likeness (QED) is 0.527. The number of aromatic nitrogens is 1. The summed E-state index contributed by atoms with van der Waals surface area (Å²) in [5, 5.41) is 0. The van der Waals surface area contributed by atoms with Gasteiger partial charge in [0.2, 0.25) is 0 Å². The highest BCUT2D eigenvalue weighted by Crippen LogP contribution is 2.23. The smallest absolute Gasteiger partial charge is 0.417 e. The first-order valence-electron chi connectivity index (χ1n) is 5.48. The van der Waals surface area contributed by atoms with Crippen molar-refractivity contribution in [1.29, 1.82) is 0 Å². The molecule has 0 radical (unpaired) electrons. The zero-order valence-corrected chi connectivity index (χ0v) is 12.5. The molecule has 0 spiro atoms. The number of carbonyl (C=O) groups is 2. The van der Waals surface area contributed by atoms with Gasteiger partial charge in [0, 0.05) is 5.56 Å². The van der Waals surface area contributed by atoms with Gasteiger partial charge in [-0.25, -0.2) is 14.7 Å². The Kier molecular flexibility index (Phi) is 3.31. The van der Waals surface area contributed by atoms with E-state index >= 15 is 0 Å². The van der Waals surface area contributed by atoms with E-state index in [0.29, 0.717) is 5.69 Å². The van der Waals surface area contributed by atoms with E-state index < -0.39 is 17.6 Å². The Balaban J connectivity index is 2.21. The Morgan fingerprint density at radius 1 is 1.44 bits per heavy atom. The average Bonchev–Trinajstić information content (AvgIpc) is 2.54. The first-order valence-corrected chi connectivity index (χ1v) is 6.56. The van der Waals surface area contributed by atoms with Crippen molar-refractivity contribution in [2.45, 2.75) is 32.9 Å². The van der Waals surface area contributed by atoms with E-state index in [2.05, 4.69) is 4.98 Å². The third-order valence-electron chi connectivity index (χ3n) is 2.33. The van der Waals surface area contributed by atoms with Gasteiger partial charge in [-0.2, -0.15) is 0 Å². The van der Waals surface area contributed by atoms with Crippen LogP contribution >= 0.6 is 22.6 Å². The number of hydrogen-bond acceptors (Lipinski definition) is 4. The van der Waals surface area contributed by atoms with Gasteiger partial charge in [-0.3, -0.25) is 4.79 Å². The average molecular weight is 360 g/mol. The summed E-state index contributed by atoms with van der Waals surface area (Å²) in [7, 11) is 0. The van der Waals surface area contributed by atoms with Crippen LogP contribution in [0, 0.1) is 3.70 Å². The fourth-order valence-electron chi connectivity index (χ4n) is 1.61. The molecule has 6 heteroatoms. The van der Waals surface area contributed by atoms with Crippen LogP contribution in [0.25, 0.3) is 0 Å². The highest BCUT2D eigenvalue weighted by atomic mass is 127. The Morgan fingerprint density at radius 2 is 2.11 bits per heavy atom. The molecule has 1 aliphatic rings. The van der Waals surface area contributed by atoms with Crippen molar-refractivity contribution in [2.75, 3.05) is 0 Å². The van der Waals surface area contributed by atoms with Gasteiger partial charge in [0.25, 0.3) is 5.91 Å². The molecule has 18 heavy (non-hydrogen) atoms. The number of halogens is 1. The molecule has 0 unspecified atom stereocenters. The Morgan fingerprint density at radius 3 is 2.72 bits per heavy atom. The molecule has 2 heterocycles. The molecule has 0 aliphatic carbocycles. The van der Waals surface area contributed by atoms with Gasteiger partial charge in [-0.15, -0.1) is 0 Å². The topological polar surface area (TPSA) is 59.5 Å². The van der Waals surface area contributed by atoms with E-state index in [4.69, 9.17) is 4.74 Å². The first kappa shape index (κ1) is 13.3. The molecule has 1 aliphatic heterocycles. The number of carbonyl (C=O) groups excluding carboxylic acids is 2. The van der Waals surface area contributed by atoms with Crippen molar-refractivity contribution in [1.82, 2.24) is 9.88 Å². The standard InChI is InChI=1S/C12H13IN2O3/c1-12(2,3)18-11(17)15-6-7-4-5-8(13)14-9(7)10(15)16/h4-5H,6H2,1-3H3. The second-order valence-corrected chi connectivity index (χ2v) is 6.12. The Bertz CT molecular complexity index is 523. The van der Waals surface area contributed by atoms with Crippen LogP contribution in [0.5, 0.6) is 0 Å². The number of nitrogens with zero attached hydrogens (tertiary/aromatic N) is 2. The Hall–Kier alpha value is -1.18. The highest BCUT2D eigenvalue weighted by Gasteiger charge is 2.36. The van der Waals surface area contributed by atoms with Crippen LogP contribution in [0.2, 0.25) is 0 Å². The summed E-state index contributed by atoms with van der Waals surface area (Å²) in [5.74, 6) is -0.391. The summed E-state index contributed by atoms with van der Waals surface area (Å²) < 4.78 is 5.92. The van der Waals surface area contributed by atoms with Gasteiger partial charge in [0.1, 0.15) is 15.0 Å². The molecule has 1 aromatic heterocycles. The number of ether oxygens (including phenoxy) is 1.